The fourth-order valence-corrected chi connectivity index (χ4v) is 2.77. The van der Waals surface area contributed by atoms with E-state index in [-0.39, 0.29) is 5.69 Å². The second-order valence-electron chi connectivity index (χ2n) is 4.85. The summed E-state index contributed by atoms with van der Waals surface area (Å²) in [5.41, 5.74) is 1.68. The van der Waals surface area contributed by atoms with Gasteiger partial charge < -0.3 is 10.3 Å². The molecule has 96 valence electrons. The predicted molar refractivity (Wildman–Crippen MR) is 73.2 cm³/mol. The number of benzene rings is 1. The Hall–Kier alpha value is -1.26. The van der Waals surface area contributed by atoms with Gasteiger partial charge in [0.25, 0.3) is 0 Å². The van der Waals surface area contributed by atoms with Crippen molar-refractivity contribution >= 4 is 22.6 Å². The number of rotatable bonds is 2. The maximum atomic E-state index is 12.0. The van der Waals surface area contributed by atoms with Crippen LogP contribution < -0.4 is 11.0 Å². The molecule has 0 spiro atoms. The highest BCUT2D eigenvalue weighted by Gasteiger charge is 2.16. The second-order valence-corrected chi connectivity index (χ2v) is 5.29. The fraction of sp³-hybridized carbons (Fsp3) is 0.462. The number of nitrogens with one attached hydrogen (secondary N) is 2. The Morgan fingerprint density at radius 1 is 1.39 bits per heavy atom. The van der Waals surface area contributed by atoms with Gasteiger partial charge in [0, 0.05) is 17.6 Å². The van der Waals surface area contributed by atoms with Crippen molar-refractivity contribution in [2.45, 2.75) is 31.8 Å². The first-order valence-electron chi connectivity index (χ1n) is 6.35. The topological polar surface area (TPSA) is 49.8 Å². The SMILES string of the molecule is O=c1[nH]c2ccc(Cl)cc2n1CC1CCCCN1. The number of aromatic nitrogens is 2. The van der Waals surface area contributed by atoms with Gasteiger partial charge in [0.05, 0.1) is 11.0 Å². The molecule has 0 amide bonds. The van der Waals surface area contributed by atoms with E-state index >= 15 is 0 Å². The average Bonchev–Trinajstić information content (AvgIpc) is 2.67. The maximum absolute atomic E-state index is 12.0. The Labute approximate surface area is 110 Å². The molecular weight excluding hydrogens is 250 g/mol. The van der Waals surface area contributed by atoms with E-state index in [1.807, 2.05) is 12.1 Å². The average molecular weight is 266 g/mol. The smallest absolute Gasteiger partial charge is 0.312 e. The largest absolute Gasteiger partial charge is 0.326 e. The summed E-state index contributed by atoms with van der Waals surface area (Å²) < 4.78 is 1.78. The molecule has 18 heavy (non-hydrogen) atoms. The van der Waals surface area contributed by atoms with Gasteiger partial charge >= 0.3 is 5.69 Å². The van der Waals surface area contributed by atoms with Gasteiger partial charge in [0.2, 0.25) is 0 Å². The van der Waals surface area contributed by atoms with Gasteiger partial charge in [-0.2, -0.15) is 0 Å². The molecule has 2 heterocycles. The molecule has 0 radical (unpaired) electrons. The van der Waals surface area contributed by atoms with Gasteiger partial charge in [-0.3, -0.25) is 4.57 Å². The van der Waals surface area contributed by atoms with Gasteiger partial charge in [-0.05, 0) is 37.6 Å². The normalized spacial score (nSPS) is 20.4. The van der Waals surface area contributed by atoms with Gasteiger partial charge in [0.1, 0.15) is 0 Å². The number of halogens is 1. The quantitative estimate of drug-likeness (QED) is 0.874. The van der Waals surface area contributed by atoms with Crippen LogP contribution in [0, 0.1) is 0 Å². The summed E-state index contributed by atoms with van der Waals surface area (Å²) in [5, 5.41) is 4.12. The molecule has 5 heteroatoms. The lowest BCUT2D eigenvalue weighted by Crippen LogP contribution is -2.39. The van der Waals surface area contributed by atoms with Crippen molar-refractivity contribution in [1.82, 2.24) is 14.9 Å². The Morgan fingerprint density at radius 2 is 2.28 bits per heavy atom. The zero-order valence-corrected chi connectivity index (χ0v) is 10.8. The van der Waals surface area contributed by atoms with Crippen LogP contribution in [0.5, 0.6) is 0 Å². The minimum atomic E-state index is -0.0559. The zero-order chi connectivity index (χ0) is 12.5. The van der Waals surface area contributed by atoms with E-state index in [0.29, 0.717) is 17.6 Å². The van der Waals surface area contributed by atoms with Crippen LogP contribution in [0.4, 0.5) is 0 Å². The van der Waals surface area contributed by atoms with Gasteiger partial charge in [0.15, 0.2) is 0 Å². The third kappa shape index (κ3) is 2.18. The van der Waals surface area contributed by atoms with Crippen molar-refractivity contribution in [3.05, 3.63) is 33.7 Å². The molecule has 1 unspecified atom stereocenters. The van der Waals surface area contributed by atoms with E-state index in [2.05, 4.69) is 10.3 Å². The highest BCUT2D eigenvalue weighted by atomic mass is 35.5. The van der Waals surface area contributed by atoms with E-state index in [1.54, 1.807) is 10.6 Å². The molecule has 4 nitrogen and oxygen atoms in total. The number of hydrogen-bond donors (Lipinski definition) is 2. The third-order valence-corrected chi connectivity index (χ3v) is 3.79. The molecule has 0 saturated carbocycles. The molecule has 1 aliphatic heterocycles. The minimum absolute atomic E-state index is 0.0559. The van der Waals surface area contributed by atoms with Crippen molar-refractivity contribution < 1.29 is 0 Å². The monoisotopic (exact) mass is 265 g/mol. The molecule has 1 aromatic carbocycles. The Bertz CT molecular complexity index is 610. The van der Waals surface area contributed by atoms with Gasteiger partial charge in [-0.25, -0.2) is 4.79 Å². The fourth-order valence-electron chi connectivity index (χ4n) is 2.61. The summed E-state index contributed by atoms with van der Waals surface area (Å²) in [6.45, 7) is 1.75. The number of aromatic amines is 1. The first kappa shape index (κ1) is 11.8. The standard InChI is InChI=1S/C13H16ClN3O/c14-9-4-5-11-12(7-9)17(13(18)16-11)8-10-3-1-2-6-15-10/h4-5,7,10,15H,1-3,6,8H2,(H,16,18). The number of nitrogens with zero attached hydrogens (tertiary/aromatic N) is 1. The first-order valence-corrected chi connectivity index (χ1v) is 6.73. The molecule has 1 aliphatic rings. The van der Waals surface area contributed by atoms with Crippen molar-refractivity contribution in [2.24, 2.45) is 0 Å². The van der Waals surface area contributed by atoms with Crippen LogP contribution in [0.15, 0.2) is 23.0 Å². The zero-order valence-electron chi connectivity index (χ0n) is 10.1. The number of fused-ring (bicyclic) bond motifs is 1. The molecule has 1 atom stereocenters. The van der Waals surface area contributed by atoms with Crippen molar-refractivity contribution in [1.29, 1.82) is 0 Å². The summed E-state index contributed by atoms with van der Waals surface area (Å²) in [7, 11) is 0. The Balaban J connectivity index is 1.97. The van der Waals surface area contributed by atoms with Crippen molar-refractivity contribution in [3.8, 4) is 0 Å². The van der Waals surface area contributed by atoms with Crippen LogP contribution >= 0.6 is 11.6 Å². The summed E-state index contributed by atoms with van der Waals surface area (Å²) in [6.07, 6.45) is 3.58. The Kier molecular flexibility index (Phi) is 3.14. The first-order chi connectivity index (χ1) is 8.74. The molecular formula is C13H16ClN3O. The van der Waals surface area contributed by atoms with Crippen LogP contribution in [0.1, 0.15) is 19.3 Å². The van der Waals surface area contributed by atoms with Crippen LogP contribution in [0.3, 0.4) is 0 Å². The van der Waals surface area contributed by atoms with Crippen molar-refractivity contribution in [2.75, 3.05) is 6.54 Å². The molecule has 1 saturated heterocycles. The van der Waals surface area contributed by atoms with Crippen LogP contribution in [-0.2, 0) is 6.54 Å². The minimum Gasteiger partial charge on any atom is -0.312 e. The second kappa shape index (κ2) is 4.78. The highest BCUT2D eigenvalue weighted by Crippen LogP contribution is 2.18. The van der Waals surface area contributed by atoms with Gasteiger partial charge in [-0.1, -0.05) is 18.0 Å². The lowest BCUT2D eigenvalue weighted by molar-refractivity contribution is 0.363. The third-order valence-electron chi connectivity index (χ3n) is 3.55. The van der Waals surface area contributed by atoms with E-state index in [0.717, 1.165) is 24.0 Å². The lowest BCUT2D eigenvalue weighted by Gasteiger charge is -2.23. The molecule has 2 aromatic rings. The maximum Gasteiger partial charge on any atom is 0.326 e. The predicted octanol–water partition coefficient (Wildman–Crippen LogP) is 2.13. The molecule has 2 N–H and O–H groups in total. The van der Waals surface area contributed by atoms with Crippen LogP contribution in [-0.4, -0.2) is 22.1 Å². The van der Waals surface area contributed by atoms with Gasteiger partial charge in [-0.15, -0.1) is 0 Å². The molecule has 1 aromatic heterocycles. The molecule has 1 fully saturated rings. The molecule has 0 bridgehead atoms. The van der Waals surface area contributed by atoms with Crippen LogP contribution in [0.2, 0.25) is 5.02 Å². The summed E-state index contributed by atoms with van der Waals surface area (Å²) in [5.74, 6) is 0. The molecule has 0 aliphatic carbocycles. The number of imidazole rings is 1. The van der Waals surface area contributed by atoms with E-state index in [9.17, 15) is 4.79 Å². The summed E-state index contributed by atoms with van der Waals surface area (Å²) in [6, 6.07) is 5.87. The summed E-state index contributed by atoms with van der Waals surface area (Å²) >= 11 is 6.00. The molecule has 3 rings (SSSR count). The van der Waals surface area contributed by atoms with E-state index in [1.165, 1.54) is 12.8 Å². The van der Waals surface area contributed by atoms with Crippen molar-refractivity contribution in [3.63, 3.8) is 0 Å². The van der Waals surface area contributed by atoms with E-state index < -0.39 is 0 Å². The highest BCUT2D eigenvalue weighted by molar-refractivity contribution is 6.31. The Morgan fingerprint density at radius 3 is 3.06 bits per heavy atom. The number of hydrogen-bond acceptors (Lipinski definition) is 2. The number of H-pyrrole nitrogens is 1. The summed E-state index contributed by atoms with van der Waals surface area (Å²) in [4.78, 5) is 14.8. The van der Waals surface area contributed by atoms with E-state index in [4.69, 9.17) is 11.6 Å². The number of piperidine rings is 1. The lowest BCUT2D eigenvalue weighted by atomic mass is 10.1. The van der Waals surface area contributed by atoms with Crippen LogP contribution in [0.25, 0.3) is 11.0 Å².